The molecule has 2 rings (SSSR count). The molecule has 0 aliphatic carbocycles. The molecule has 0 bridgehead atoms. The third-order valence-corrected chi connectivity index (χ3v) is 2.51. The van der Waals surface area contributed by atoms with E-state index in [1.165, 1.54) is 18.3 Å². The van der Waals surface area contributed by atoms with Crippen molar-refractivity contribution in [3.63, 3.8) is 0 Å². The van der Waals surface area contributed by atoms with Gasteiger partial charge in [0.05, 0.1) is 11.8 Å². The average molecular weight is 260 g/mol. The summed E-state index contributed by atoms with van der Waals surface area (Å²) in [5.74, 6) is 0.492. The topological polar surface area (TPSA) is 54.6 Å². The summed E-state index contributed by atoms with van der Waals surface area (Å²) >= 11 is 0. The number of nitrogens with one attached hydrogen (secondary N) is 1. The number of nitrogens with zero attached hydrogens (tertiary/aromatic N) is 1. The van der Waals surface area contributed by atoms with Gasteiger partial charge in [-0.1, -0.05) is 12.1 Å². The Bertz CT molecular complexity index is 632. The summed E-state index contributed by atoms with van der Waals surface area (Å²) in [5, 5.41) is 3.78. The summed E-state index contributed by atoms with van der Waals surface area (Å²) in [5.41, 5.74) is 3.38. The second-order valence-corrected chi connectivity index (χ2v) is 4.08. The maximum absolute atomic E-state index is 12.9. The summed E-state index contributed by atoms with van der Waals surface area (Å²) in [6.45, 7) is 3.47. The molecule has 0 saturated carbocycles. The zero-order valence-corrected chi connectivity index (χ0v) is 10.6. The lowest BCUT2D eigenvalue weighted by atomic mass is 10.2. The fourth-order valence-electron chi connectivity index (χ4n) is 1.67. The standard InChI is InChI=1S/C14H13FN2O2/c1-9-6-13(10(2)19-9)14(18)17-16-8-11-4-3-5-12(15)7-11/h3-8H,1-2H3,(H,17,18)/b16-8-. The summed E-state index contributed by atoms with van der Waals surface area (Å²) in [4.78, 5) is 11.8. The highest BCUT2D eigenvalue weighted by atomic mass is 19.1. The van der Waals surface area contributed by atoms with E-state index < -0.39 is 0 Å². The molecule has 0 radical (unpaired) electrons. The van der Waals surface area contributed by atoms with Crippen LogP contribution < -0.4 is 5.43 Å². The molecule has 2 aromatic rings. The monoisotopic (exact) mass is 260 g/mol. The number of hydrogen-bond acceptors (Lipinski definition) is 3. The van der Waals surface area contributed by atoms with E-state index in [0.717, 1.165) is 0 Å². The molecule has 98 valence electrons. The van der Waals surface area contributed by atoms with E-state index >= 15 is 0 Å². The van der Waals surface area contributed by atoms with E-state index in [2.05, 4.69) is 10.5 Å². The number of hydrogen-bond donors (Lipinski definition) is 1. The molecule has 0 atom stereocenters. The van der Waals surface area contributed by atoms with Gasteiger partial charge in [-0.2, -0.15) is 5.10 Å². The quantitative estimate of drug-likeness (QED) is 0.681. The minimum Gasteiger partial charge on any atom is -0.466 e. The lowest BCUT2D eigenvalue weighted by molar-refractivity contribution is 0.0953. The molecule has 5 heteroatoms. The zero-order chi connectivity index (χ0) is 13.8. The molecule has 19 heavy (non-hydrogen) atoms. The third-order valence-electron chi connectivity index (χ3n) is 2.51. The molecular formula is C14H13FN2O2. The maximum Gasteiger partial charge on any atom is 0.274 e. The highest BCUT2D eigenvalue weighted by molar-refractivity contribution is 5.95. The third kappa shape index (κ3) is 3.28. The molecule has 0 saturated heterocycles. The molecule has 1 heterocycles. The molecule has 0 aliphatic rings. The van der Waals surface area contributed by atoms with Crippen molar-refractivity contribution in [2.45, 2.75) is 13.8 Å². The van der Waals surface area contributed by atoms with Crippen LogP contribution in [0.15, 0.2) is 39.9 Å². The van der Waals surface area contributed by atoms with Gasteiger partial charge in [0, 0.05) is 0 Å². The predicted molar refractivity (Wildman–Crippen MR) is 69.6 cm³/mol. The lowest BCUT2D eigenvalue weighted by Crippen LogP contribution is -2.17. The van der Waals surface area contributed by atoms with E-state index in [9.17, 15) is 9.18 Å². The zero-order valence-electron chi connectivity index (χ0n) is 10.6. The van der Waals surface area contributed by atoms with Gasteiger partial charge in [0.2, 0.25) is 0 Å². The van der Waals surface area contributed by atoms with Gasteiger partial charge in [-0.3, -0.25) is 4.79 Å². The molecule has 0 aliphatic heterocycles. The van der Waals surface area contributed by atoms with Crippen molar-refractivity contribution >= 4 is 12.1 Å². The maximum atomic E-state index is 12.9. The van der Waals surface area contributed by atoms with Crippen molar-refractivity contribution in [1.29, 1.82) is 0 Å². The molecular weight excluding hydrogens is 247 g/mol. The van der Waals surface area contributed by atoms with Gasteiger partial charge in [-0.05, 0) is 37.6 Å². The van der Waals surface area contributed by atoms with Crippen molar-refractivity contribution in [3.05, 3.63) is 58.8 Å². The molecule has 0 spiro atoms. The van der Waals surface area contributed by atoms with Crippen LogP contribution in [0.5, 0.6) is 0 Å². The fourth-order valence-corrected chi connectivity index (χ4v) is 1.67. The molecule has 1 aromatic heterocycles. The van der Waals surface area contributed by atoms with E-state index in [1.54, 1.807) is 32.0 Å². The van der Waals surface area contributed by atoms with Gasteiger partial charge < -0.3 is 4.42 Å². The smallest absolute Gasteiger partial charge is 0.274 e. The number of rotatable bonds is 3. The minimum absolute atomic E-state index is 0.350. The second kappa shape index (κ2) is 5.48. The Morgan fingerprint density at radius 3 is 2.79 bits per heavy atom. The van der Waals surface area contributed by atoms with Crippen molar-refractivity contribution in [2.24, 2.45) is 5.10 Å². The Balaban J connectivity index is 2.03. The lowest BCUT2D eigenvalue weighted by Gasteiger charge is -1.97. The van der Waals surface area contributed by atoms with Gasteiger partial charge in [0.25, 0.3) is 5.91 Å². The van der Waals surface area contributed by atoms with Crippen molar-refractivity contribution in [2.75, 3.05) is 0 Å². The number of carbonyl (C=O) groups is 1. The summed E-state index contributed by atoms with van der Waals surface area (Å²) in [6.07, 6.45) is 1.38. The number of benzene rings is 1. The van der Waals surface area contributed by atoms with Crippen LogP contribution >= 0.6 is 0 Å². The fraction of sp³-hybridized carbons (Fsp3) is 0.143. The van der Waals surface area contributed by atoms with Crippen LogP contribution in [0.1, 0.15) is 27.4 Å². The van der Waals surface area contributed by atoms with E-state index in [1.807, 2.05) is 0 Å². The van der Waals surface area contributed by atoms with E-state index in [-0.39, 0.29) is 11.7 Å². The van der Waals surface area contributed by atoms with Crippen LogP contribution in [0.2, 0.25) is 0 Å². The number of halogens is 1. The summed E-state index contributed by atoms with van der Waals surface area (Å²) in [6, 6.07) is 7.56. The first-order chi connectivity index (χ1) is 9.06. The SMILES string of the molecule is Cc1cc(C(=O)N/N=C\c2cccc(F)c2)c(C)o1. The van der Waals surface area contributed by atoms with Crippen molar-refractivity contribution in [1.82, 2.24) is 5.43 Å². The Hall–Kier alpha value is -2.43. The molecule has 1 aromatic carbocycles. The van der Waals surface area contributed by atoms with E-state index in [0.29, 0.717) is 22.6 Å². The number of amides is 1. The van der Waals surface area contributed by atoms with Crippen molar-refractivity contribution < 1.29 is 13.6 Å². The normalized spacial score (nSPS) is 10.9. The van der Waals surface area contributed by atoms with Crippen LogP contribution in [0.3, 0.4) is 0 Å². The Morgan fingerprint density at radius 1 is 1.37 bits per heavy atom. The minimum atomic E-state index is -0.359. The van der Waals surface area contributed by atoms with Gasteiger partial charge in [0.1, 0.15) is 17.3 Å². The van der Waals surface area contributed by atoms with Crippen molar-refractivity contribution in [3.8, 4) is 0 Å². The first kappa shape index (κ1) is 13.0. The summed E-state index contributed by atoms with van der Waals surface area (Å²) in [7, 11) is 0. The van der Waals surface area contributed by atoms with Crippen LogP contribution in [0, 0.1) is 19.7 Å². The van der Waals surface area contributed by atoms with Gasteiger partial charge in [-0.15, -0.1) is 0 Å². The summed E-state index contributed by atoms with van der Waals surface area (Å²) < 4.78 is 18.2. The van der Waals surface area contributed by atoms with E-state index in [4.69, 9.17) is 4.42 Å². The first-order valence-electron chi connectivity index (χ1n) is 5.72. The number of carbonyl (C=O) groups excluding carboxylic acids is 1. The highest BCUT2D eigenvalue weighted by Gasteiger charge is 2.12. The van der Waals surface area contributed by atoms with Crippen LogP contribution in [-0.2, 0) is 0 Å². The molecule has 1 N–H and O–H groups in total. The predicted octanol–water partition coefficient (Wildman–Crippen LogP) is 2.80. The van der Waals surface area contributed by atoms with Crippen LogP contribution in [0.25, 0.3) is 0 Å². The Morgan fingerprint density at radius 2 is 2.16 bits per heavy atom. The highest BCUT2D eigenvalue weighted by Crippen LogP contribution is 2.13. The van der Waals surface area contributed by atoms with Crippen LogP contribution in [0.4, 0.5) is 4.39 Å². The average Bonchev–Trinajstić information content (AvgIpc) is 2.68. The van der Waals surface area contributed by atoms with Gasteiger partial charge in [-0.25, -0.2) is 9.82 Å². The first-order valence-corrected chi connectivity index (χ1v) is 5.72. The van der Waals surface area contributed by atoms with Gasteiger partial charge >= 0.3 is 0 Å². The molecule has 0 unspecified atom stereocenters. The number of furan rings is 1. The number of hydrazone groups is 1. The molecule has 0 fully saturated rings. The molecule has 4 nitrogen and oxygen atoms in total. The Labute approximate surface area is 109 Å². The Kier molecular flexibility index (Phi) is 3.75. The molecule has 1 amide bonds. The largest absolute Gasteiger partial charge is 0.466 e. The van der Waals surface area contributed by atoms with Crippen LogP contribution in [-0.4, -0.2) is 12.1 Å². The second-order valence-electron chi connectivity index (χ2n) is 4.08. The number of aryl methyl sites for hydroxylation is 2. The van der Waals surface area contributed by atoms with Gasteiger partial charge in [0.15, 0.2) is 0 Å².